The van der Waals surface area contributed by atoms with E-state index >= 15 is 0 Å². The fourth-order valence-electron chi connectivity index (χ4n) is 1.72. The quantitative estimate of drug-likeness (QED) is 0.618. The van der Waals surface area contributed by atoms with Crippen LogP contribution in [-0.2, 0) is 4.74 Å². The monoisotopic (exact) mass is 321 g/mol. The highest BCUT2D eigenvalue weighted by atomic mass is 79.9. The van der Waals surface area contributed by atoms with Crippen LogP contribution in [0.15, 0.2) is 45.3 Å². The largest absolute Gasteiger partial charge is 0.462 e. The van der Waals surface area contributed by atoms with Crippen molar-refractivity contribution >= 4 is 21.9 Å². The first kappa shape index (κ1) is 13.7. The summed E-state index contributed by atoms with van der Waals surface area (Å²) in [4.78, 5) is 11.7. The van der Waals surface area contributed by atoms with E-state index in [-0.39, 0.29) is 5.97 Å². The standard InChI is InChI=1S/C15H14BrO3/c1-3-18-15(17)13-8-9-14(19-10(13)2)11-4-6-12(16)7-5-11/h4-9H,3H2,1-2H3/q+1. The van der Waals surface area contributed by atoms with Gasteiger partial charge in [-0.2, -0.15) is 0 Å². The molecule has 19 heavy (non-hydrogen) atoms. The van der Waals surface area contributed by atoms with E-state index in [9.17, 15) is 4.79 Å². The van der Waals surface area contributed by atoms with E-state index in [1.807, 2.05) is 24.3 Å². The van der Waals surface area contributed by atoms with Crippen LogP contribution in [0, 0.1) is 6.92 Å². The number of carbonyl (C=O) groups is 1. The van der Waals surface area contributed by atoms with Crippen molar-refractivity contribution < 1.29 is 13.9 Å². The predicted octanol–water partition coefficient (Wildman–Crippen LogP) is 4.48. The summed E-state index contributed by atoms with van der Waals surface area (Å²) in [5.41, 5.74) is 1.42. The zero-order valence-electron chi connectivity index (χ0n) is 10.8. The Labute approximate surface area is 120 Å². The summed E-state index contributed by atoms with van der Waals surface area (Å²) in [7, 11) is 0. The third-order valence-corrected chi connectivity index (χ3v) is 3.20. The topological polar surface area (TPSA) is 37.6 Å². The summed E-state index contributed by atoms with van der Waals surface area (Å²) in [5, 5.41) is 0. The van der Waals surface area contributed by atoms with Crippen LogP contribution in [-0.4, -0.2) is 12.6 Å². The van der Waals surface area contributed by atoms with Gasteiger partial charge in [-0.05, 0) is 37.3 Å². The molecule has 0 saturated heterocycles. The molecule has 4 heteroatoms. The summed E-state index contributed by atoms with van der Waals surface area (Å²) in [6, 6.07) is 11.3. The lowest BCUT2D eigenvalue weighted by Crippen LogP contribution is -2.06. The zero-order valence-corrected chi connectivity index (χ0v) is 12.4. The Hall–Kier alpha value is -1.68. The molecule has 0 aliphatic carbocycles. The molecule has 0 bridgehead atoms. The van der Waals surface area contributed by atoms with Crippen molar-refractivity contribution in [3.63, 3.8) is 0 Å². The molecule has 2 aromatic rings. The number of carbonyl (C=O) groups excluding carboxylic acids is 1. The number of benzene rings is 1. The van der Waals surface area contributed by atoms with E-state index < -0.39 is 0 Å². The molecule has 0 N–H and O–H groups in total. The van der Waals surface area contributed by atoms with Gasteiger partial charge in [0.2, 0.25) is 0 Å². The number of hydrogen-bond donors (Lipinski definition) is 0. The van der Waals surface area contributed by atoms with Crippen LogP contribution in [0.2, 0.25) is 0 Å². The first-order valence-electron chi connectivity index (χ1n) is 5.98. The average Bonchev–Trinajstić information content (AvgIpc) is 2.39. The molecule has 1 aromatic heterocycles. The number of aryl methyl sites for hydroxylation is 1. The highest BCUT2D eigenvalue weighted by molar-refractivity contribution is 9.10. The molecule has 98 valence electrons. The van der Waals surface area contributed by atoms with Crippen LogP contribution in [0.1, 0.15) is 23.0 Å². The molecule has 0 spiro atoms. The lowest BCUT2D eigenvalue weighted by Gasteiger charge is -2.00. The molecule has 0 amide bonds. The van der Waals surface area contributed by atoms with Crippen LogP contribution < -0.4 is 0 Å². The van der Waals surface area contributed by atoms with Crippen LogP contribution in [0.5, 0.6) is 0 Å². The smallest absolute Gasteiger partial charge is 0.360 e. The molecule has 0 aliphatic rings. The van der Waals surface area contributed by atoms with E-state index in [1.54, 1.807) is 26.0 Å². The normalized spacial score (nSPS) is 10.3. The summed E-state index contributed by atoms with van der Waals surface area (Å²) in [5.74, 6) is 0.919. The van der Waals surface area contributed by atoms with Gasteiger partial charge >= 0.3 is 17.5 Å². The van der Waals surface area contributed by atoms with E-state index in [1.165, 1.54) is 0 Å². The Morgan fingerprint density at radius 3 is 2.47 bits per heavy atom. The van der Waals surface area contributed by atoms with Gasteiger partial charge in [0.15, 0.2) is 5.56 Å². The minimum absolute atomic E-state index is 0.354. The number of hydrogen-bond acceptors (Lipinski definition) is 2. The third kappa shape index (κ3) is 3.20. The highest BCUT2D eigenvalue weighted by Crippen LogP contribution is 2.24. The van der Waals surface area contributed by atoms with Gasteiger partial charge in [0.1, 0.15) is 0 Å². The molecular weight excluding hydrogens is 308 g/mol. The van der Waals surface area contributed by atoms with Crippen LogP contribution in [0.25, 0.3) is 11.3 Å². The summed E-state index contributed by atoms with van der Waals surface area (Å²) in [6.45, 7) is 3.89. The van der Waals surface area contributed by atoms with Crippen molar-refractivity contribution in [3.8, 4) is 11.3 Å². The highest BCUT2D eigenvalue weighted by Gasteiger charge is 2.22. The van der Waals surface area contributed by atoms with Gasteiger partial charge in [-0.1, -0.05) is 15.9 Å². The Kier molecular flexibility index (Phi) is 4.32. The second-order valence-electron chi connectivity index (χ2n) is 4.00. The fourth-order valence-corrected chi connectivity index (χ4v) is 1.98. The first-order chi connectivity index (χ1) is 9.11. The SMILES string of the molecule is CCOC(=O)c1ccc(-c2ccc(Br)cc2)[o+]c1C. The Balaban J connectivity index is 2.33. The molecule has 0 saturated carbocycles. The van der Waals surface area contributed by atoms with Crippen LogP contribution in [0.4, 0.5) is 0 Å². The van der Waals surface area contributed by atoms with Crippen molar-refractivity contribution in [3.05, 3.63) is 52.2 Å². The van der Waals surface area contributed by atoms with Gasteiger partial charge in [0, 0.05) is 10.5 Å². The summed E-state index contributed by atoms with van der Waals surface area (Å²) < 4.78 is 11.7. The maximum atomic E-state index is 11.7. The van der Waals surface area contributed by atoms with E-state index in [4.69, 9.17) is 9.15 Å². The van der Waals surface area contributed by atoms with Crippen molar-refractivity contribution in [2.24, 2.45) is 0 Å². The van der Waals surface area contributed by atoms with Gasteiger partial charge in [-0.3, -0.25) is 0 Å². The molecule has 0 radical (unpaired) electrons. The molecule has 3 nitrogen and oxygen atoms in total. The molecule has 2 rings (SSSR count). The summed E-state index contributed by atoms with van der Waals surface area (Å²) >= 11 is 3.39. The Morgan fingerprint density at radius 1 is 1.21 bits per heavy atom. The van der Waals surface area contributed by atoms with E-state index in [2.05, 4.69) is 15.9 Å². The maximum absolute atomic E-state index is 11.7. The van der Waals surface area contributed by atoms with Crippen molar-refractivity contribution in [2.45, 2.75) is 13.8 Å². The first-order valence-corrected chi connectivity index (χ1v) is 6.78. The lowest BCUT2D eigenvalue weighted by atomic mass is 10.1. The van der Waals surface area contributed by atoms with Crippen LogP contribution in [0.3, 0.4) is 0 Å². The number of esters is 1. The molecule has 1 heterocycles. The lowest BCUT2D eigenvalue weighted by molar-refractivity contribution is 0.0522. The minimum atomic E-state index is -0.355. The molecule has 0 unspecified atom stereocenters. The molecule has 0 aliphatic heterocycles. The minimum Gasteiger partial charge on any atom is -0.462 e. The molecular formula is C15H14BrO3+. The summed E-state index contributed by atoms with van der Waals surface area (Å²) in [6.07, 6.45) is 0. The number of ether oxygens (including phenoxy) is 1. The maximum Gasteiger partial charge on any atom is 0.360 e. The van der Waals surface area contributed by atoms with Crippen molar-refractivity contribution in [1.29, 1.82) is 0 Å². The Bertz CT molecular complexity index is 591. The molecule has 0 atom stereocenters. The van der Waals surface area contributed by atoms with Gasteiger partial charge in [0.05, 0.1) is 19.1 Å². The average molecular weight is 322 g/mol. The molecule has 0 fully saturated rings. The van der Waals surface area contributed by atoms with Gasteiger partial charge in [-0.25, -0.2) is 9.21 Å². The molecule has 1 aromatic carbocycles. The predicted molar refractivity (Wildman–Crippen MR) is 76.9 cm³/mol. The number of halogens is 1. The fraction of sp³-hybridized carbons (Fsp3) is 0.200. The van der Waals surface area contributed by atoms with Crippen molar-refractivity contribution in [1.82, 2.24) is 0 Å². The van der Waals surface area contributed by atoms with Gasteiger partial charge in [-0.15, -0.1) is 0 Å². The second-order valence-corrected chi connectivity index (χ2v) is 4.91. The van der Waals surface area contributed by atoms with E-state index in [0.29, 0.717) is 17.9 Å². The van der Waals surface area contributed by atoms with Crippen LogP contribution >= 0.6 is 15.9 Å². The third-order valence-electron chi connectivity index (χ3n) is 2.67. The van der Waals surface area contributed by atoms with E-state index in [0.717, 1.165) is 15.8 Å². The van der Waals surface area contributed by atoms with Crippen molar-refractivity contribution in [2.75, 3.05) is 6.61 Å². The Morgan fingerprint density at radius 2 is 1.89 bits per heavy atom. The van der Waals surface area contributed by atoms with Gasteiger partial charge < -0.3 is 4.74 Å². The van der Waals surface area contributed by atoms with Gasteiger partial charge in [0.25, 0.3) is 0 Å². The number of rotatable bonds is 3. The second kappa shape index (κ2) is 5.97. The zero-order chi connectivity index (χ0) is 13.8.